The highest BCUT2D eigenvalue weighted by atomic mass is 35.5. The minimum atomic E-state index is -0.960. The topological polar surface area (TPSA) is 77.0 Å². The maximum Gasteiger partial charge on any atom is 0.333 e. The lowest BCUT2D eigenvalue weighted by molar-refractivity contribution is -0.150. The average Bonchev–Trinajstić information content (AvgIpc) is 2.55. The van der Waals surface area contributed by atoms with Crippen molar-refractivity contribution in [1.29, 1.82) is 0 Å². The Morgan fingerprint density at radius 1 is 1.42 bits per heavy atom. The van der Waals surface area contributed by atoms with E-state index in [0.717, 1.165) is 17.5 Å². The van der Waals surface area contributed by atoms with Gasteiger partial charge in [-0.1, -0.05) is 19.1 Å². The zero-order valence-electron chi connectivity index (χ0n) is 14.4. The third-order valence-electron chi connectivity index (χ3n) is 3.24. The molecule has 0 aliphatic heterocycles. The van der Waals surface area contributed by atoms with Gasteiger partial charge in [0.2, 0.25) is 0 Å². The van der Waals surface area contributed by atoms with E-state index in [1.165, 1.54) is 0 Å². The molecule has 0 fully saturated rings. The Bertz CT molecular complexity index is 510. The van der Waals surface area contributed by atoms with Gasteiger partial charge in [0.1, 0.15) is 5.75 Å². The van der Waals surface area contributed by atoms with Crippen molar-refractivity contribution in [3.05, 3.63) is 29.3 Å². The van der Waals surface area contributed by atoms with Crippen LogP contribution in [-0.4, -0.2) is 42.9 Å². The van der Waals surface area contributed by atoms with Gasteiger partial charge in [-0.25, -0.2) is 4.79 Å². The number of rotatable bonds is 12. The van der Waals surface area contributed by atoms with Crippen LogP contribution in [0.5, 0.6) is 5.75 Å². The van der Waals surface area contributed by atoms with Gasteiger partial charge in [0.05, 0.1) is 19.1 Å². The summed E-state index contributed by atoms with van der Waals surface area (Å²) in [6, 6.07) is 5.55. The summed E-state index contributed by atoms with van der Waals surface area (Å²) in [4.78, 5) is 16.6. The van der Waals surface area contributed by atoms with Crippen LogP contribution < -0.4 is 10.2 Å². The molecule has 0 spiro atoms. The summed E-state index contributed by atoms with van der Waals surface area (Å²) in [6.45, 7) is 5.01. The third-order valence-corrected chi connectivity index (χ3v) is 3.37. The molecule has 136 valence electrons. The molecule has 0 radical (unpaired) electrons. The molecule has 0 amide bonds. The van der Waals surface area contributed by atoms with E-state index in [1.54, 1.807) is 7.11 Å². The molecule has 0 aromatic heterocycles. The van der Waals surface area contributed by atoms with E-state index in [4.69, 9.17) is 25.9 Å². The zero-order chi connectivity index (χ0) is 17.9. The number of aliphatic carboxylic acids is 1. The molecule has 6 nitrogen and oxygen atoms in total. The van der Waals surface area contributed by atoms with Crippen LogP contribution in [-0.2, 0) is 27.3 Å². The fourth-order valence-corrected chi connectivity index (χ4v) is 2.15. The fourth-order valence-electron chi connectivity index (χ4n) is 2.09. The first-order valence-electron chi connectivity index (χ1n) is 7.96. The number of hydroxylamine groups is 1. The average molecular weight is 360 g/mol. The van der Waals surface area contributed by atoms with Crippen LogP contribution in [0.1, 0.15) is 31.4 Å². The Morgan fingerprint density at radius 3 is 2.75 bits per heavy atom. The highest BCUT2D eigenvalue weighted by Gasteiger charge is 2.19. The minimum Gasteiger partial charge on any atom is -0.496 e. The van der Waals surface area contributed by atoms with Gasteiger partial charge in [0.15, 0.2) is 6.10 Å². The molecule has 2 unspecified atom stereocenters. The molecule has 0 saturated carbocycles. The first-order chi connectivity index (χ1) is 11.5. The van der Waals surface area contributed by atoms with Crippen molar-refractivity contribution >= 4 is 17.6 Å². The van der Waals surface area contributed by atoms with E-state index in [0.29, 0.717) is 31.9 Å². The van der Waals surface area contributed by atoms with Crippen molar-refractivity contribution < 1.29 is 24.2 Å². The normalized spacial score (nSPS) is 13.5. The molecule has 1 rings (SSSR count). The van der Waals surface area contributed by atoms with Gasteiger partial charge in [0.25, 0.3) is 0 Å². The van der Waals surface area contributed by atoms with Crippen LogP contribution >= 0.6 is 11.6 Å². The van der Waals surface area contributed by atoms with Crippen LogP contribution in [0.3, 0.4) is 0 Å². The molecule has 7 heteroatoms. The predicted molar refractivity (Wildman–Crippen MR) is 92.5 cm³/mol. The summed E-state index contributed by atoms with van der Waals surface area (Å²) < 4.78 is 10.7. The van der Waals surface area contributed by atoms with Crippen molar-refractivity contribution in [3.8, 4) is 5.75 Å². The van der Waals surface area contributed by atoms with Crippen LogP contribution in [0.4, 0.5) is 0 Å². The number of hydrogen-bond donors (Lipinski definition) is 2. The molecular weight excluding hydrogens is 334 g/mol. The highest BCUT2D eigenvalue weighted by Crippen LogP contribution is 2.21. The maximum atomic E-state index is 11.3. The first kappa shape index (κ1) is 20.7. The van der Waals surface area contributed by atoms with Crippen molar-refractivity contribution in [2.24, 2.45) is 0 Å². The number of halogens is 1. The van der Waals surface area contributed by atoms with E-state index in [2.05, 4.69) is 5.48 Å². The van der Waals surface area contributed by atoms with Gasteiger partial charge in [0, 0.05) is 25.1 Å². The molecule has 24 heavy (non-hydrogen) atoms. The quantitative estimate of drug-likeness (QED) is 0.339. The molecular formula is C17H26ClNO5. The van der Waals surface area contributed by atoms with Crippen molar-refractivity contribution in [2.45, 2.75) is 44.7 Å². The Balaban J connectivity index is 2.74. The van der Waals surface area contributed by atoms with Gasteiger partial charge in [-0.3, -0.25) is 4.84 Å². The number of hydrogen-bond acceptors (Lipinski definition) is 5. The second-order valence-electron chi connectivity index (χ2n) is 5.46. The molecule has 0 saturated heterocycles. The number of carboxylic acid groups (broad SMARTS) is 1. The highest BCUT2D eigenvalue weighted by molar-refractivity contribution is 6.20. The SMILES string of the molecule is CCCOC(Cc1ccc(OC)c(CNOCC(C)Cl)c1)C(=O)O. The lowest BCUT2D eigenvalue weighted by atomic mass is 10.0. The van der Waals surface area contributed by atoms with E-state index in [-0.39, 0.29) is 5.38 Å². The zero-order valence-corrected chi connectivity index (χ0v) is 15.1. The van der Waals surface area contributed by atoms with Gasteiger partial charge in [-0.05, 0) is 25.0 Å². The minimum absolute atomic E-state index is 0.0854. The second kappa shape index (κ2) is 11.3. The van der Waals surface area contributed by atoms with Crippen LogP contribution in [0, 0.1) is 0 Å². The van der Waals surface area contributed by atoms with E-state index >= 15 is 0 Å². The standard InChI is InChI=1S/C17H26ClNO5/c1-4-7-23-16(17(20)21)9-13-5-6-15(22-3)14(8-13)10-19-24-11-12(2)18/h5-6,8,12,16,19H,4,7,9-11H2,1-3H3,(H,20,21). The number of methoxy groups -OCH3 is 1. The molecule has 0 heterocycles. The predicted octanol–water partition coefficient (Wildman–Crippen LogP) is 2.77. The monoisotopic (exact) mass is 359 g/mol. The molecule has 2 atom stereocenters. The summed E-state index contributed by atoms with van der Waals surface area (Å²) in [6.07, 6.45) is 0.219. The summed E-state index contributed by atoms with van der Waals surface area (Å²) in [7, 11) is 1.59. The summed E-state index contributed by atoms with van der Waals surface area (Å²) in [5.41, 5.74) is 4.57. The van der Waals surface area contributed by atoms with E-state index in [1.807, 2.05) is 32.0 Å². The van der Waals surface area contributed by atoms with E-state index in [9.17, 15) is 9.90 Å². The number of carboxylic acids is 1. The molecule has 2 N–H and O–H groups in total. The summed E-state index contributed by atoms with van der Waals surface area (Å²) >= 11 is 5.81. The van der Waals surface area contributed by atoms with Crippen molar-refractivity contribution in [2.75, 3.05) is 20.3 Å². The second-order valence-corrected chi connectivity index (χ2v) is 6.21. The van der Waals surface area contributed by atoms with Crippen LogP contribution in [0.15, 0.2) is 18.2 Å². The Kier molecular flexibility index (Phi) is 9.71. The Morgan fingerprint density at radius 2 is 2.17 bits per heavy atom. The fraction of sp³-hybridized carbons (Fsp3) is 0.588. The number of carbonyl (C=O) groups is 1. The Hall–Kier alpha value is -1.34. The number of nitrogens with one attached hydrogen (secondary N) is 1. The van der Waals surface area contributed by atoms with Crippen LogP contribution in [0.25, 0.3) is 0 Å². The van der Waals surface area contributed by atoms with Gasteiger partial charge in [-0.15, -0.1) is 11.6 Å². The maximum absolute atomic E-state index is 11.3. The van der Waals surface area contributed by atoms with E-state index < -0.39 is 12.1 Å². The Labute approximate surface area is 148 Å². The van der Waals surface area contributed by atoms with Gasteiger partial charge >= 0.3 is 5.97 Å². The van der Waals surface area contributed by atoms with Crippen LogP contribution in [0.2, 0.25) is 0 Å². The van der Waals surface area contributed by atoms with Crippen molar-refractivity contribution in [1.82, 2.24) is 5.48 Å². The first-order valence-corrected chi connectivity index (χ1v) is 8.40. The molecule has 0 aliphatic rings. The smallest absolute Gasteiger partial charge is 0.333 e. The van der Waals surface area contributed by atoms with Crippen molar-refractivity contribution in [3.63, 3.8) is 0 Å². The molecule has 0 bridgehead atoms. The lowest BCUT2D eigenvalue weighted by Gasteiger charge is -2.16. The molecule has 1 aromatic rings. The molecule has 1 aromatic carbocycles. The summed E-state index contributed by atoms with van der Waals surface area (Å²) in [5.74, 6) is -0.256. The lowest BCUT2D eigenvalue weighted by Crippen LogP contribution is -2.27. The molecule has 0 aliphatic carbocycles. The number of benzene rings is 1. The summed E-state index contributed by atoms with van der Waals surface area (Å²) in [5, 5.41) is 9.18. The number of alkyl halides is 1. The van der Waals surface area contributed by atoms with Gasteiger partial charge < -0.3 is 14.6 Å². The number of ether oxygens (including phenoxy) is 2. The van der Waals surface area contributed by atoms with Gasteiger partial charge in [-0.2, -0.15) is 5.48 Å². The third kappa shape index (κ3) is 7.49. The largest absolute Gasteiger partial charge is 0.496 e.